The minimum absolute atomic E-state index is 1.34. The van der Waals surface area contributed by atoms with E-state index in [2.05, 4.69) is 87.8 Å². The number of benzene rings is 3. The molecular weight excluding hydrogens is 296 g/mol. The van der Waals surface area contributed by atoms with Crippen LogP contribution < -0.4 is 10.4 Å². The molecule has 0 aliphatic rings. The third-order valence-electron chi connectivity index (χ3n) is 4.46. The van der Waals surface area contributed by atoms with E-state index in [1.54, 1.807) is 10.4 Å². The summed E-state index contributed by atoms with van der Waals surface area (Å²) in [6.45, 7) is 14.8. The molecule has 0 bridgehead atoms. The Morgan fingerprint density at radius 1 is 0.500 bits per heavy atom. The number of hydrogen-bond donors (Lipinski definition) is 0. The van der Waals surface area contributed by atoms with E-state index in [0.29, 0.717) is 0 Å². The molecule has 0 aromatic heterocycles. The van der Waals surface area contributed by atoms with Crippen molar-refractivity contribution in [3.05, 3.63) is 48.5 Å². The lowest BCUT2D eigenvalue weighted by atomic mass is 10.0. The van der Waals surface area contributed by atoms with Crippen molar-refractivity contribution in [1.29, 1.82) is 0 Å². The second-order valence-electron chi connectivity index (χ2n) is 8.44. The molecule has 0 amide bonds. The van der Waals surface area contributed by atoms with Crippen LogP contribution in [0.3, 0.4) is 0 Å². The van der Waals surface area contributed by atoms with E-state index >= 15 is 0 Å². The summed E-state index contributed by atoms with van der Waals surface area (Å²) >= 11 is 0. The highest BCUT2D eigenvalue weighted by Crippen LogP contribution is 2.23. The predicted molar refractivity (Wildman–Crippen MR) is 107 cm³/mol. The van der Waals surface area contributed by atoms with Crippen molar-refractivity contribution >= 4 is 48.1 Å². The van der Waals surface area contributed by atoms with Crippen molar-refractivity contribution in [3.63, 3.8) is 0 Å². The van der Waals surface area contributed by atoms with Crippen molar-refractivity contribution in [2.75, 3.05) is 0 Å². The first-order valence-corrected chi connectivity index (χ1v) is 15.1. The van der Waals surface area contributed by atoms with Gasteiger partial charge in [-0.15, -0.1) is 0 Å². The first kappa shape index (κ1) is 15.5. The predicted octanol–water partition coefficient (Wildman–Crippen LogP) is 5.08. The fraction of sp³-hybridized carbons (Fsp3) is 0.300. The topological polar surface area (TPSA) is 0 Å². The maximum Gasteiger partial charge on any atom is 0.0774 e. The van der Waals surface area contributed by atoms with Crippen molar-refractivity contribution < 1.29 is 0 Å². The SMILES string of the molecule is C[Si](C)(C)c1cc2cc3ccccc3cc2cc1[Si](C)(C)C. The quantitative estimate of drug-likeness (QED) is 0.456. The Hall–Kier alpha value is -1.39. The van der Waals surface area contributed by atoms with Gasteiger partial charge in [0.1, 0.15) is 0 Å². The molecule has 114 valence electrons. The summed E-state index contributed by atoms with van der Waals surface area (Å²) in [6.07, 6.45) is 0. The van der Waals surface area contributed by atoms with Crippen molar-refractivity contribution in [2.45, 2.75) is 39.3 Å². The zero-order valence-corrected chi connectivity index (χ0v) is 16.6. The normalized spacial score (nSPS) is 13.0. The maximum atomic E-state index is 2.50. The first-order chi connectivity index (χ1) is 10.2. The Labute approximate surface area is 136 Å². The standard InChI is InChI=1S/C20H26Si2/c1-21(2,3)19-13-17-11-15-9-7-8-10-16(15)12-18(17)14-20(19)22(4,5)6/h7-14H,1-6H3. The summed E-state index contributed by atoms with van der Waals surface area (Å²) in [5, 5.41) is 8.81. The molecule has 0 N–H and O–H groups in total. The van der Waals surface area contributed by atoms with E-state index in [4.69, 9.17) is 0 Å². The van der Waals surface area contributed by atoms with Gasteiger partial charge in [0.05, 0.1) is 16.1 Å². The lowest BCUT2D eigenvalue weighted by molar-refractivity contribution is 1.69. The summed E-state index contributed by atoms with van der Waals surface area (Å²) < 4.78 is 0. The van der Waals surface area contributed by atoms with Gasteiger partial charge >= 0.3 is 0 Å². The van der Waals surface area contributed by atoms with E-state index in [-0.39, 0.29) is 0 Å². The van der Waals surface area contributed by atoms with Crippen molar-refractivity contribution in [2.24, 2.45) is 0 Å². The van der Waals surface area contributed by atoms with Crippen LogP contribution in [0.15, 0.2) is 48.5 Å². The van der Waals surface area contributed by atoms with E-state index in [1.807, 2.05) is 0 Å². The molecule has 0 aliphatic carbocycles. The van der Waals surface area contributed by atoms with Crippen molar-refractivity contribution in [3.8, 4) is 0 Å². The van der Waals surface area contributed by atoms with Crippen LogP contribution in [0.4, 0.5) is 0 Å². The highest BCUT2D eigenvalue weighted by Gasteiger charge is 2.27. The maximum absolute atomic E-state index is 2.50. The van der Waals surface area contributed by atoms with Gasteiger partial charge in [0, 0.05) is 0 Å². The van der Waals surface area contributed by atoms with Gasteiger partial charge in [-0.2, -0.15) is 0 Å². The molecule has 3 aromatic carbocycles. The minimum Gasteiger partial charge on any atom is -0.0656 e. The van der Waals surface area contributed by atoms with Crippen LogP contribution in [-0.2, 0) is 0 Å². The second-order valence-corrected chi connectivity index (χ2v) is 18.5. The zero-order chi connectivity index (χ0) is 16.1. The zero-order valence-electron chi connectivity index (χ0n) is 14.6. The largest absolute Gasteiger partial charge is 0.0774 e. The molecule has 0 spiro atoms. The fourth-order valence-electron chi connectivity index (χ4n) is 3.23. The molecule has 0 aliphatic heterocycles. The summed E-state index contributed by atoms with van der Waals surface area (Å²) in [5.74, 6) is 0. The van der Waals surface area contributed by atoms with Crippen LogP contribution in [0.2, 0.25) is 39.3 Å². The monoisotopic (exact) mass is 322 g/mol. The Morgan fingerprint density at radius 2 is 0.864 bits per heavy atom. The Balaban J connectivity index is 2.40. The lowest BCUT2D eigenvalue weighted by Gasteiger charge is -2.28. The Kier molecular flexibility index (Phi) is 3.57. The molecule has 0 radical (unpaired) electrons. The lowest BCUT2D eigenvalue weighted by Crippen LogP contribution is -2.56. The van der Waals surface area contributed by atoms with E-state index in [9.17, 15) is 0 Å². The number of rotatable bonds is 2. The molecule has 0 heterocycles. The minimum atomic E-state index is -1.34. The molecule has 0 saturated heterocycles. The van der Waals surface area contributed by atoms with E-state index in [0.717, 1.165) is 0 Å². The Bertz CT molecular complexity index is 777. The average Bonchev–Trinajstić information content (AvgIpc) is 2.41. The smallest absolute Gasteiger partial charge is 0.0656 e. The van der Waals surface area contributed by atoms with E-state index in [1.165, 1.54) is 21.5 Å². The van der Waals surface area contributed by atoms with Gasteiger partial charge in [0.25, 0.3) is 0 Å². The van der Waals surface area contributed by atoms with Gasteiger partial charge < -0.3 is 0 Å². The van der Waals surface area contributed by atoms with Crippen LogP contribution in [0, 0.1) is 0 Å². The van der Waals surface area contributed by atoms with Crippen LogP contribution in [0.5, 0.6) is 0 Å². The van der Waals surface area contributed by atoms with Gasteiger partial charge in [-0.05, 0) is 33.7 Å². The third kappa shape index (κ3) is 2.78. The molecular formula is C20H26Si2. The highest BCUT2D eigenvalue weighted by atomic mass is 28.3. The summed E-state index contributed by atoms with van der Waals surface area (Å²) in [5.41, 5.74) is 0. The Morgan fingerprint density at radius 3 is 1.18 bits per heavy atom. The van der Waals surface area contributed by atoms with Gasteiger partial charge in [-0.25, -0.2) is 0 Å². The number of fused-ring (bicyclic) bond motifs is 2. The molecule has 0 nitrogen and oxygen atoms in total. The van der Waals surface area contributed by atoms with E-state index < -0.39 is 16.1 Å². The first-order valence-electron chi connectivity index (χ1n) is 8.14. The number of hydrogen-bond acceptors (Lipinski definition) is 0. The van der Waals surface area contributed by atoms with Gasteiger partial charge in [0.2, 0.25) is 0 Å². The molecule has 0 fully saturated rings. The average molecular weight is 323 g/mol. The summed E-state index contributed by atoms with van der Waals surface area (Å²) in [6, 6.07) is 18.4. The van der Waals surface area contributed by atoms with Gasteiger partial charge in [-0.1, -0.05) is 86.1 Å². The molecule has 2 heteroatoms. The molecule has 3 aromatic rings. The second kappa shape index (κ2) is 5.07. The highest BCUT2D eigenvalue weighted by molar-refractivity contribution is 6.98. The molecule has 0 atom stereocenters. The van der Waals surface area contributed by atoms with Crippen LogP contribution in [-0.4, -0.2) is 16.1 Å². The summed E-state index contributed by atoms with van der Waals surface area (Å²) in [7, 11) is -2.68. The third-order valence-corrected chi connectivity index (χ3v) is 8.77. The van der Waals surface area contributed by atoms with Crippen LogP contribution >= 0.6 is 0 Å². The molecule has 3 rings (SSSR count). The molecule has 22 heavy (non-hydrogen) atoms. The van der Waals surface area contributed by atoms with Crippen LogP contribution in [0.1, 0.15) is 0 Å². The van der Waals surface area contributed by atoms with Crippen LogP contribution in [0.25, 0.3) is 21.5 Å². The fourth-order valence-corrected chi connectivity index (χ4v) is 8.42. The molecule has 0 saturated carbocycles. The molecule has 0 unspecified atom stereocenters. The summed E-state index contributed by atoms with van der Waals surface area (Å²) in [4.78, 5) is 0. The van der Waals surface area contributed by atoms with Gasteiger partial charge in [0.15, 0.2) is 0 Å². The van der Waals surface area contributed by atoms with Gasteiger partial charge in [-0.3, -0.25) is 0 Å². The van der Waals surface area contributed by atoms with Crippen molar-refractivity contribution in [1.82, 2.24) is 0 Å².